The van der Waals surface area contributed by atoms with Crippen LogP contribution in [0.3, 0.4) is 0 Å². The van der Waals surface area contributed by atoms with Crippen LogP contribution in [0.4, 0.5) is 0 Å². The largest absolute Gasteiger partial charge is 0.135 e. The summed E-state index contributed by atoms with van der Waals surface area (Å²) in [6, 6.07) is 11.4. The van der Waals surface area contributed by atoms with Gasteiger partial charge in [0, 0.05) is 20.2 Å². The van der Waals surface area contributed by atoms with Crippen LogP contribution in [-0.2, 0) is 0 Å². The lowest BCUT2D eigenvalue weighted by Gasteiger charge is -2.05. The van der Waals surface area contributed by atoms with Gasteiger partial charge in [-0.15, -0.1) is 11.3 Å². The van der Waals surface area contributed by atoms with Gasteiger partial charge < -0.3 is 0 Å². The number of rotatable bonds is 1. The smallest absolute Gasteiger partial charge is 0.0387 e. The van der Waals surface area contributed by atoms with Crippen LogP contribution in [0.1, 0.15) is 36.5 Å². The second-order valence-corrected chi connectivity index (χ2v) is 6.45. The van der Waals surface area contributed by atoms with Gasteiger partial charge in [0.05, 0.1) is 0 Å². The molecule has 18 heavy (non-hydrogen) atoms. The number of hydrogen-bond acceptors (Lipinski definition) is 1. The van der Waals surface area contributed by atoms with Crippen LogP contribution in [0.15, 0.2) is 30.3 Å². The van der Waals surface area contributed by atoms with Gasteiger partial charge in [-0.05, 0) is 48.6 Å². The van der Waals surface area contributed by atoms with E-state index in [9.17, 15) is 0 Å². The average Bonchev–Trinajstić information content (AvgIpc) is 2.72. The Morgan fingerprint density at radius 3 is 2.44 bits per heavy atom. The third kappa shape index (κ3) is 1.65. The van der Waals surface area contributed by atoms with Crippen molar-refractivity contribution in [1.29, 1.82) is 0 Å². The van der Waals surface area contributed by atoms with E-state index in [1.165, 1.54) is 36.9 Å². The predicted molar refractivity (Wildman–Crippen MR) is 82.9 cm³/mol. The van der Waals surface area contributed by atoms with Crippen LogP contribution in [0.25, 0.3) is 20.2 Å². The van der Waals surface area contributed by atoms with Gasteiger partial charge in [-0.25, -0.2) is 0 Å². The van der Waals surface area contributed by atoms with Crippen molar-refractivity contribution in [3.8, 4) is 0 Å². The normalized spacial score (nSPS) is 11.8. The van der Waals surface area contributed by atoms with Crippen molar-refractivity contribution in [2.45, 2.75) is 33.6 Å². The Morgan fingerprint density at radius 2 is 1.72 bits per heavy atom. The molecule has 1 aromatic heterocycles. The van der Waals surface area contributed by atoms with Gasteiger partial charge in [0.15, 0.2) is 0 Å². The van der Waals surface area contributed by atoms with E-state index >= 15 is 0 Å². The van der Waals surface area contributed by atoms with E-state index in [0.717, 1.165) is 0 Å². The zero-order valence-corrected chi connectivity index (χ0v) is 12.2. The van der Waals surface area contributed by atoms with Gasteiger partial charge in [0.2, 0.25) is 0 Å². The minimum Gasteiger partial charge on any atom is -0.135 e. The summed E-state index contributed by atoms with van der Waals surface area (Å²) in [5.74, 6) is 0.593. The molecule has 0 saturated carbocycles. The summed E-state index contributed by atoms with van der Waals surface area (Å²) in [5.41, 5.74) is 4.25. The highest BCUT2D eigenvalue weighted by Crippen LogP contribution is 2.37. The summed E-state index contributed by atoms with van der Waals surface area (Å²) in [6.07, 6.45) is 0. The summed E-state index contributed by atoms with van der Waals surface area (Å²) < 4.78 is 2.86. The molecular formula is C17H18S. The third-order valence-corrected chi connectivity index (χ3v) is 5.16. The van der Waals surface area contributed by atoms with E-state index in [4.69, 9.17) is 0 Å². The first-order valence-corrected chi connectivity index (χ1v) is 7.32. The van der Waals surface area contributed by atoms with Crippen molar-refractivity contribution in [3.63, 3.8) is 0 Å². The molecule has 0 saturated heterocycles. The molecule has 0 aliphatic rings. The first-order valence-electron chi connectivity index (χ1n) is 6.50. The van der Waals surface area contributed by atoms with Gasteiger partial charge in [-0.3, -0.25) is 0 Å². The minimum atomic E-state index is 0.593. The fraction of sp³-hybridized carbons (Fsp3) is 0.294. The summed E-state index contributed by atoms with van der Waals surface area (Å²) >= 11 is 1.92. The fourth-order valence-electron chi connectivity index (χ4n) is 2.45. The molecule has 0 nitrogen and oxygen atoms in total. The number of fused-ring (bicyclic) bond motifs is 3. The summed E-state index contributed by atoms with van der Waals surface area (Å²) in [6.45, 7) is 8.94. The molecular weight excluding hydrogens is 236 g/mol. The SMILES string of the molecule is Cc1ccc2c(sc3ccc(C(C)C)cc32)c1C. The standard InChI is InChI=1S/C17H18S/c1-10(2)13-6-8-16-15(9-13)14-7-5-11(3)12(4)17(14)18-16/h5-10H,1-4H3. The van der Waals surface area contributed by atoms with E-state index in [1.807, 2.05) is 11.3 Å². The first-order chi connectivity index (χ1) is 8.58. The Kier molecular flexibility index (Phi) is 2.67. The lowest BCUT2D eigenvalue weighted by molar-refractivity contribution is 0.869. The molecule has 0 amide bonds. The van der Waals surface area contributed by atoms with Crippen LogP contribution in [0.5, 0.6) is 0 Å². The second-order valence-electron chi connectivity index (χ2n) is 5.40. The summed E-state index contributed by atoms with van der Waals surface area (Å²) in [5, 5.41) is 2.84. The molecule has 3 aromatic rings. The molecule has 0 aliphatic carbocycles. The van der Waals surface area contributed by atoms with Crippen LogP contribution < -0.4 is 0 Å². The Hall–Kier alpha value is -1.34. The highest BCUT2D eigenvalue weighted by atomic mass is 32.1. The molecule has 0 bridgehead atoms. The van der Waals surface area contributed by atoms with Gasteiger partial charge in [0.1, 0.15) is 0 Å². The van der Waals surface area contributed by atoms with E-state index in [1.54, 1.807) is 0 Å². The lowest BCUT2D eigenvalue weighted by atomic mass is 10.00. The monoisotopic (exact) mass is 254 g/mol. The number of aryl methyl sites for hydroxylation is 2. The molecule has 1 heteroatoms. The highest BCUT2D eigenvalue weighted by molar-refractivity contribution is 7.26. The molecule has 0 spiro atoms. The topological polar surface area (TPSA) is 0 Å². The number of hydrogen-bond donors (Lipinski definition) is 0. The maximum atomic E-state index is 2.37. The molecule has 0 N–H and O–H groups in total. The maximum Gasteiger partial charge on any atom is 0.0387 e. The van der Waals surface area contributed by atoms with Gasteiger partial charge >= 0.3 is 0 Å². The van der Waals surface area contributed by atoms with Crippen molar-refractivity contribution >= 4 is 31.5 Å². The molecule has 0 atom stereocenters. The predicted octanol–water partition coefficient (Wildman–Crippen LogP) is 5.79. The minimum absolute atomic E-state index is 0.593. The van der Waals surface area contributed by atoms with Crippen LogP contribution in [0.2, 0.25) is 0 Å². The van der Waals surface area contributed by atoms with Crippen molar-refractivity contribution < 1.29 is 0 Å². The molecule has 0 aliphatic heterocycles. The highest BCUT2D eigenvalue weighted by Gasteiger charge is 2.09. The van der Waals surface area contributed by atoms with Crippen molar-refractivity contribution in [2.75, 3.05) is 0 Å². The quantitative estimate of drug-likeness (QED) is 0.515. The summed E-state index contributed by atoms with van der Waals surface area (Å²) in [4.78, 5) is 0. The zero-order chi connectivity index (χ0) is 12.9. The van der Waals surface area contributed by atoms with Crippen LogP contribution in [0, 0.1) is 13.8 Å². The Bertz CT molecular complexity index is 732. The summed E-state index contributed by atoms with van der Waals surface area (Å²) in [7, 11) is 0. The maximum absolute atomic E-state index is 2.37. The fourth-order valence-corrected chi connectivity index (χ4v) is 3.69. The molecule has 3 rings (SSSR count). The van der Waals surface area contributed by atoms with Crippen molar-refractivity contribution in [1.82, 2.24) is 0 Å². The van der Waals surface area contributed by atoms with Gasteiger partial charge in [-0.1, -0.05) is 32.0 Å². The van der Waals surface area contributed by atoms with Crippen LogP contribution in [-0.4, -0.2) is 0 Å². The second kappa shape index (κ2) is 4.10. The zero-order valence-electron chi connectivity index (χ0n) is 11.4. The number of thiophene rings is 1. The Labute approximate surface area is 112 Å². The first kappa shape index (κ1) is 11.7. The molecule has 0 fully saturated rings. The number of benzene rings is 2. The van der Waals surface area contributed by atoms with Crippen molar-refractivity contribution in [2.24, 2.45) is 0 Å². The van der Waals surface area contributed by atoms with E-state index in [2.05, 4.69) is 58.0 Å². The Balaban J connectivity index is 2.42. The molecule has 0 radical (unpaired) electrons. The van der Waals surface area contributed by atoms with Crippen LogP contribution >= 0.6 is 11.3 Å². The van der Waals surface area contributed by atoms with E-state index < -0.39 is 0 Å². The average molecular weight is 254 g/mol. The molecule has 0 unspecified atom stereocenters. The van der Waals surface area contributed by atoms with E-state index in [0.29, 0.717) is 5.92 Å². The molecule has 2 aromatic carbocycles. The third-order valence-electron chi connectivity index (χ3n) is 3.85. The van der Waals surface area contributed by atoms with Gasteiger partial charge in [0.25, 0.3) is 0 Å². The lowest BCUT2D eigenvalue weighted by Crippen LogP contribution is -1.85. The molecule has 92 valence electrons. The van der Waals surface area contributed by atoms with Gasteiger partial charge in [-0.2, -0.15) is 0 Å². The van der Waals surface area contributed by atoms with E-state index in [-0.39, 0.29) is 0 Å². The van der Waals surface area contributed by atoms with Crippen molar-refractivity contribution in [3.05, 3.63) is 47.0 Å². The molecule has 1 heterocycles. The Morgan fingerprint density at radius 1 is 0.944 bits per heavy atom.